The maximum absolute atomic E-state index is 12.9. The monoisotopic (exact) mass is 295 g/mol. The summed E-state index contributed by atoms with van der Waals surface area (Å²) in [5.74, 6) is -2.47. The van der Waals surface area contributed by atoms with Crippen LogP contribution in [0.15, 0.2) is 18.2 Å². The highest BCUT2D eigenvalue weighted by atomic mass is 19.4. The first kappa shape index (κ1) is 16.4. The van der Waals surface area contributed by atoms with Crippen LogP contribution in [-0.2, 0) is 11.2 Å². The van der Waals surface area contributed by atoms with Gasteiger partial charge < -0.3 is 4.90 Å². The van der Waals surface area contributed by atoms with Crippen LogP contribution in [-0.4, -0.2) is 30.6 Å². The molecule has 0 bridgehead atoms. The molecule has 0 aliphatic heterocycles. The molecule has 0 atom stereocenters. The van der Waals surface area contributed by atoms with E-state index >= 15 is 0 Å². The number of carbonyl (C=O) groups is 1. The smallest absolute Gasteiger partial charge is 0.345 e. The van der Waals surface area contributed by atoms with Gasteiger partial charge in [-0.1, -0.05) is 6.07 Å². The molecule has 1 aromatic rings. The maximum atomic E-state index is 12.9. The van der Waals surface area contributed by atoms with Gasteiger partial charge in [0, 0.05) is 20.0 Å². The van der Waals surface area contributed by atoms with Crippen molar-refractivity contribution in [1.29, 1.82) is 0 Å². The molecule has 0 saturated carbocycles. The molecular formula is C13H14F5NO. The van der Waals surface area contributed by atoms with Crippen LogP contribution in [0.2, 0.25) is 0 Å². The minimum absolute atomic E-state index is 0.0561. The summed E-state index contributed by atoms with van der Waals surface area (Å²) in [5, 5.41) is 0. The normalized spacial score (nSPS) is 11.5. The van der Waals surface area contributed by atoms with Crippen LogP contribution in [0, 0.1) is 11.6 Å². The van der Waals surface area contributed by atoms with Crippen molar-refractivity contribution in [2.75, 3.05) is 13.6 Å². The zero-order valence-corrected chi connectivity index (χ0v) is 10.8. The molecule has 0 radical (unpaired) electrons. The molecule has 0 aromatic heterocycles. The molecule has 0 N–H and O–H groups in total. The predicted molar refractivity (Wildman–Crippen MR) is 63.0 cm³/mol. The summed E-state index contributed by atoms with van der Waals surface area (Å²) in [4.78, 5) is 12.6. The molecule has 20 heavy (non-hydrogen) atoms. The molecule has 2 nitrogen and oxygen atoms in total. The Balaban J connectivity index is 2.44. The van der Waals surface area contributed by atoms with E-state index < -0.39 is 36.7 Å². The van der Waals surface area contributed by atoms with Gasteiger partial charge in [0.1, 0.15) is 0 Å². The Kier molecular flexibility index (Phi) is 5.47. The fourth-order valence-corrected chi connectivity index (χ4v) is 1.56. The second-order valence-electron chi connectivity index (χ2n) is 4.43. The van der Waals surface area contributed by atoms with Crippen LogP contribution in [0.4, 0.5) is 22.0 Å². The number of nitrogens with zero attached hydrogens (tertiary/aromatic N) is 1. The number of hydrogen-bond acceptors (Lipinski definition) is 1. The van der Waals surface area contributed by atoms with E-state index in [1.54, 1.807) is 0 Å². The molecule has 7 heteroatoms. The first-order valence-electron chi connectivity index (χ1n) is 5.93. The van der Waals surface area contributed by atoms with E-state index in [0.29, 0.717) is 5.56 Å². The van der Waals surface area contributed by atoms with Gasteiger partial charge in [0.15, 0.2) is 11.6 Å². The molecule has 0 spiro atoms. The van der Waals surface area contributed by atoms with Gasteiger partial charge >= 0.3 is 6.18 Å². The number of carbonyl (C=O) groups excluding carboxylic acids is 1. The molecule has 0 saturated heterocycles. The van der Waals surface area contributed by atoms with Crippen LogP contribution in [0.5, 0.6) is 0 Å². The van der Waals surface area contributed by atoms with E-state index in [4.69, 9.17) is 0 Å². The molecule has 0 heterocycles. The number of rotatable bonds is 5. The summed E-state index contributed by atoms with van der Waals surface area (Å²) in [6, 6.07) is 3.25. The zero-order chi connectivity index (χ0) is 15.3. The minimum Gasteiger partial charge on any atom is -0.345 e. The number of benzene rings is 1. The standard InChI is InChI=1S/C13H14F5NO/c1-19(7-6-13(16,17)18)12(20)5-3-9-2-4-10(14)11(15)8-9/h2,4,8H,3,5-7H2,1H3. The van der Waals surface area contributed by atoms with Gasteiger partial charge in [-0.05, 0) is 24.1 Å². The molecule has 1 aromatic carbocycles. The Morgan fingerprint density at radius 1 is 1.20 bits per heavy atom. The lowest BCUT2D eigenvalue weighted by Gasteiger charge is -2.18. The maximum Gasteiger partial charge on any atom is 0.390 e. The van der Waals surface area contributed by atoms with E-state index in [1.807, 2.05) is 0 Å². The molecular weight excluding hydrogens is 281 g/mol. The van der Waals surface area contributed by atoms with E-state index in [-0.39, 0.29) is 12.8 Å². The van der Waals surface area contributed by atoms with Gasteiger partial charge in [-0.25, -0.2) is 8.78 Å². The first-order chi connectivity index (χ1) is 9.19. The zero-order valence-electron chi connectivity index (χ0n) is 10.8. The van der Waals surface area contributed by atoms with E-state index in [0.717, 1.165) is 17.0 Å². The predicted octanol–water partition coefficient (Wildman–Crippen LogP) is 3.31. The minimum atomic E-state index is -4.31. The van der Waals surface area contributed by atoms with Crippen LogP contribution in [0.3, 0.4) is 0 Å². The fourth-order valence-electron chi connectivity index (χ4n) is 1.56. The number of hydrogen-bond donors (Lipinski definition) is 0. The van der Waals surface area contributed by atoms with Gasteiger partial charge in [-0.15, -0.1) is 0 Å². The van der Waals surface area contributed by atoms with E-state index in [9.17, 15) is 26.7 Å². The lowest BCUT2D eigenvalue weighted by atomic mass is 10.1. The topological polar surface area (TPSA) is 20.3 Å². The summed E-state index contributed by atoms with van der Waals surface area (Å²) in [6.45, 7) is -0.417. The molecule has 1 amide bonds. The summed E-state index contributed by atoms with van der Waals surface area (Å²) >= 11 is 0. The van der Waals surface area contributed by atoms with Crippen LogP contribution in [0.25, 0.3) is 0 Å². The molecule has 0 unspecified atom stereocenters. The van der Waals surface area contributed by atoms with Crippen molar-refractivity contribution in [3.63, 3.8) is 0 Å². The summed E-state index contributed by atoms with van der Waals surface area (Å²) < 4.78 is 61.6. The highest BCUT2D eigenvalue weighted by Gasteiger charge is 2.27. The van der Waals surface area contributed by atoms with Crippen molar-refractivity contribution in [1.82, 2.24) is 4.90 Å². The number of alkyl halides is 3. The van der Waals surface area contributed by atoms with Crippen LogP contribution in [0.1, 0.15) is 18.4 Å². The lowest BCUT2D eigenvalue weighted by Crippen LogP contribution is -2.30. The molecule has 0 aliphatic rings. The fraction of sp³-hybridized carbons (Fsp3) is 0.462. The molecule has 0 fully saturated rings. The van der Waals surface area contributed by atoms with Crippen LogP contribution < -0.4 is 0 Å². The third kappa shape index (κ3) is 5.54. The van der Waals surface area contributed by atoms with Gasteiger partial charge in [-0.2, -0.15) is 13.2 Å². The number of amides is 1. The highest BCUT2D eigenvalue weighted by Crippen LogP contribution is 2.19. The van der Waals surface area contributed by atoms with E-state index in [1.165, 1.54) is 13.1 Å². The Hall–Kier alpha value is -1.66. The van der Waals surface area contributed by atoms with Crippen molar-refractivity contribution in [3.8, 4) is 0 Å². The second kappa shape index (κ2) is 6.67. The Morgan fingerprint density at radius 2 is 1.85 bits per heavy atom. The number of aryl methyl sites for hydroxylation is 1. The quantitative estimate of drug-likeness (QED) is 0.763. The third-order valence-corrected chi connectivity index (χ3v) is 2.77. The number of halogens is 5. The largest absolute Gasteiger partial charge is 0.390 e. The average Bonchev–Trinajstić information content (AvgIpc) is 2.36. The Bertz CT molecular complexity index is 472. The Labute approximate surface area is 113 Å². The first-order valence-corrected chi connectivity index (χ1v) is 5.93. The average molecular weight is 295 g/mol. The van der Waals surface area contributed by atoms with Crippen molar-refractivity contribution in [3.05, 3.63) is 35.4 Å². The summed E-state index contributed by atoms with van der Waals surface area (Å²) in [7, 11) is 1.28. The summed E-state index contributed by atoms with van der Waals surface area (Å²) in [6.07, 6.45) is -5.29. The molecule has 0 aliphatic carbocycles. The second-order valence-corrected chi connectivity index (χ2v) is 4.43. The Morgan fingerprint density at radius 3 is 2.40 bits per heavy atom. The van der Waals surface area contributed by atoms with Gasteiger partial charge in [-0.3, -0.25) is 4.79 Å². The van der Waals surface area contributed by atoms with Gasteiger partial charge in [0.05, 0.1) is 6.42 Å². The lowest BCUT2D eigenvalue weighted by molar-refractivity contribution is -0.144. The van der Waals surface area contributed by atoms with Crippen LogP contribution >= 0.6 is 0 Å². The third-order valence-electron chi connectivity index (χ3n) is 2.77. The van der Waals surface area contributed by atoms with Crippen molar-refractivity contribution in [2.45, 2.75) is 25.4 Å². The highest BCUT2D eigenvalue weighted by molar-refractivity contribution is 5.76. The molecule has 1 rings (SSSR count). The van der Waals surface area contributed by atoms with Crippen molar-refractivity contribution < 1.29 is 26.7 Å². The van der Waals surface area contributed by atoms with Crippen molar-refractivity contribution in [2.24, 2.45) is 0 Å². The summed E-state index contributed by atoms with van der Waals surface area (Å²) in [5.41, 5.74) is 0.418. The van der Waals surface area contributed by atoms with E-state index in [2.05, 4.69) is 0 Å². The molecule has 112 valence electrons. The van der Waals surface area contributed by atoms with Gasteiger partial charge in [0.25, 0.3) is 0 Å². The van der Waals surface area contributed by atoms with Gasteiger partial charge in [0.2, 0.25) is 5.91 Å². The van der Waals surface area contributed by atoms with Crippen molar-refractivity contribution >= 4 is 5.91 Å². The SMILES string of the molecule is CN(CCC(F)(F)F)C(=O)CCc1ccc(F)c(F)c1.